The third-order valence-electron chi connectivity index (χ3n) is 2.91. The summed E-state index contributed by atoms with van der Waals surface area (Å²) in [7, 11) is 1.74. The normalized spacial score (nSPS) is 10.2. The maximum atomic E-state index is 12.0. The van der Waals surface area contributed by atoms with Gasteiger partial charge in [-0.1, -0.05) is 39.7 Å². The SMILES string of the molecule is CN(Cc1cccc(Cl)c1)C(=O)COc1ccc(Br)cc1. The van der Waals surface area contributed by atoms with Gasteiger partial charge in [-0.25, -0.2) is 0 Å². The fourth-order valence-corrected chi connectivity index (χ4v) is 2.26. The molecule has 3 nitrogen and oxygen atoms in total. The van der Waals surface area contributed by atoms with E-state index in [1.165, 1.54) is 0 Å². The second-order valence-electron chi connectivity index (χ2n) is 4.62. The first-order valence-corrected chi connectivity index (χ1v) is 7.58. The van der Waals surface area contributed by atoms with Crippen LogP contribution in [0.15, 0.2) is 53.0 Å². The highest BCUT2D eigenvalue weighted by molar-refractivity contribution is 9.10. The molecule has 0 saturated carbocycles. The van der Waals surface area contributed by atoms with Gasteiger partial charge in [0.1, 0.15) is 5.75 Å². The van der Waals surface area contributed by atoms with Crippen molar-refractivity contribution in [3.8, 4) is 5.75 Å². The van der Waals surface area contributed by atoms with Crippen LogP contribution in [0.2, 0.25) is 5.02 Å². The number of benzene rings is 2. The minimum atomic E-state index is -0.0853. The first kappa shape index (κ1) is 15.9. The first-order valence-electron chi connectivity index (χ1n) is 6.41. The highest BCUT2D eigenvalue weighted by Gasteiger charge is 2.10. The fourth-order valence-electron chi connectivity index (χ4n) is 1.78. The van der Waals surface area contributed by atoms with E-state index in [4.69, 9.17) is 16.3 Å². The summed E-state index contributed by atoms with van der Waals surface area (Å²) in [6.07, 6.45) is 0. The predicted octanol–water partition coefficient (Wildman–Crippen LogP) is 4.14. The van der Waals surface area contributed by atoms with Crippen molar-refractivity contribution < 1.29 is 9.53 Å². The van der Waals surface area contributed by atoms with Crippen LogP contribution in [-0.2, 0) is 11.3 Å². The number of rotatable bonds is 5. The van der Waals surface area contributed by atoms with Crippen LogP contribution < -0.4 is 4.74 Å². The molecule has 2 aromatic rings. The van der Waals surface area contributed by atoms with Crippen LogP contribution >= 0.6 is 27.5 Å². The highest BCUT2D eigenvalue weighted by Crippen LogP contribution is 2.16. The van der Waals surface area contributed by atoms with E-state index in [0.717, 1.165) is 10.0 Å². The lowest BCUT2D eigenvalue weighted by Crippen LogP contribution is -2.30. The molecule has 1 amide bonds. The average Bonchev–Trinajstić information content (AvgIpc) is 2.46. The van der Waals surface area contributed by atoms with E-state index in [9.17, 15) is 4.79 Å². The molecule has 0 fully saturated rings. The maximum absolute atomic E-state index is 12.0. The van der Waals surface area contributed by atoms with Crippen molar-refractivity contribution in [1.82, 2.24) is 4.90 Å². The van der Waals surface area contributed by atoms with Gasteiger partial charge >= 0.3 is 0 Å². The number of carbonyl (C=O) groups excluding carboxylic acids is 1. The monoisotopic (exact) mass is 367 g/mol. The molecule has 0 saturated heterocycles. The Morgan fingerprint density at radius 2 is 1.95 bits per heavy atom. The molecule has 5 heteroatoms. The molecule has 0 aliphatic heterocycles. The van der Waals surface area contributed by atoms with Gasteiger partial charge in [0, 0.05) is 23.1 Å². The lowest BCUT2D eigenvalue weighted by atomic mass is 10.2. The van der Waals surface area contributed by atoms with Crippen LogP contribution in [0.5, 0.6) is 5.75 Å². The van der Waals surface area contributed by atoms with Gasteiger partial charge < -0.3 is 9.64 Å². The third kappa shape index (κ3) is 5.06. The number of halogens is 2. The molecule has 0 radical (unpaired) electrons. The number of nitrogens with zero attached hydrogens (tertiary/aromatic N) is 1. The Morgan fingerprint density at radius 3 is 2.62 bits per heavy atom. The summed E-state index contributed by atoms with van der Waals surface area (Å²) in [5.41, 5.74) is 0.988. The van der Waals surface area contributed by atoms with Gasteiger partial charge in [-0.3, -0.25) is 4.79 Å². The smallest absolute Gasteiger partial charge is 0.260 e. The lowest BCUT2D eigenvalue weighted by molar-refractivity contribution is -0.132. The zero-order valence-corrected chi connectivity index (χ0v) is 13.9. The molecule has 0 aliphatic carbocycles. The molecule has 0 heterocycles. The van der Waals surface area contributed by atoms with Gasteiger partial charge in [-0.15, -0.1) is 0 Å². The van der Waals surface area contributed by atoms with Gasteiger partial charge in [-0.05, 0) is 42.0 Å². The van der Waals surface area contributed by atoms with Crippen molar-refractivity contribution in [2.24, 2.45) is 0 Å². The summed E-state index contributed by atoms with van der Waals surface area (Å²) >= 11 is 9.28. The van der Waals surface area contributed by atoms with Crippen LogP contribution in [-0.4, -0.2) is 24.5 Å². The quantitative estimate of drug-likeness (QED) is 0.794. The minimum Gasteiger partial charge on any atom is -0.484 e. The van der Waals surface area contributed by atoms with Gasteiger partial charge in [-0.2, -0.15) is 0 Å². The van der Waals surface area contributed by atoms with Crippen molar-refractivity contribution in [2.45, 2.75) is 6.54 Å². The molecule has 0 atom stereocenters. The predicted molar refractivity (Wildman–Crippen MR) is 87.6 cm³/mol. The molecular formula is C16H15BrClNO2. The summed E-state index contributed by atoms with van der Waals surface area (Å²) in [5, 5.41) is 0.666. The Balaban J connectivity index is 1.86. The van der Waals surface area contributed by atoms with E-state index in [0.29, 0.717) is 17.3 Å². The van der Waals surface area contributed by atoms with Crippen molar-refractivity contribution in [2.75, 3.05) is 13.7 Å². The summed E-state index contributed by atoms with van der Waals surface area (Å²) in [5.74, 6) is 0.584. The van der Waals surface area contributed by atoms with Gasteiger partial charge in [0.15, 0.2) is 6.61 Å². The Kier molecular flexibility index (Phi) is 5.65. The average molecular weight is 369 g/mol. The molecule has 2 rings (SSSR count). The Morgan fingerprint density at radius 1 is 1.24 bits per heavy atom. The molecule has 0 bridgehead atoms. The largest absolute Gasteiger partial charge is 0.484 e. The molecule has 21 heavy (non-hydrogen) atoms. The van der Waals surface area contributed by atoms with Gasteiger partial charge in [0.2, 0.25) is 0 Å². The van der Waals surface area contributed by atoms with Crippen molar-refractivity contribution in [3.63, 3.8) is 0 Å². The zero-order chi connectivity index (χ0) is 15.2. The Hall–Kier alpha value is -1.52. The molecular weight excluding hydrogens is 354 g/mol. The summed E-state index contributed by atoms with van der Waals surface area (Å²) in [6.45, 7) is 0.516. The third-order valence-corrected chi connectivity index (χ3v) is 3.67. The van der Waals surface area contributed by atoms with Crippen LogP contribution in [0, 0.1) is 0 Å². The minimum absolute atomic E-state index is 0.0126. The zero-order valence-electron chi connectivity index (χ0n) is 11.6. The van der Waals surface area contributed by atoms with E-state index in [1.54, 1.807) is 11.9 Å². The van der Waals surface area contributed by atoms with E-state index >= 15 is 0 Å². The van der Waals surface area contributed by atoms with Crippen molar-refractivity contribution in [3.05, 3.63) is 63.6 Å². The number of ether oxygens (including phenoxy) is 1. The molecule has 110 valence electrons. The number of hydrogen-bond donors (Lipinski definition) is 0. The second kappa shape index (κ2) is 7.48. The second-order valence-corrected chi connectivity index (χ2v) is 5.97. The standard InChI is InChI=1S/C16H15BrClNO2/c1-19(10-12-3-2-4-14(18)9-12)16(20)11-21-15-7-5-13(17)6-8-15/h2-9H,10-11H2,1H3. The van der Waals surface area contributed by atoms with E-state index in [1.807, 2.05) is 48.5 Å². The number of hydrogen-bond acceptors (Lipinski definition) is 2. The molecule has 2 aromatic carbocycles. The van der Waals surface area contributed by atoms with Crippen molar-refractivity contribution in [1.29, 1.82) is 0 Å². The molecule has 0 N–H and O–H groups in total. The van der Waals surface area contributed by atoms with E-state index in [2.05, 4.69) is 15.9 Å². The summed E-state index contributed by atoms with van der Waals surface area (Å²) in [6, 6.07) is 14.8. The first-order chi connectivity index (χ1) is 10.0. The lowest BCUT2D eigenvalue weighted by Gasteiger charge is -2.17. The van der Waals surface area contributed by atoms with Crippen LogP contribution in [0.3, 0.4) is 0 Å². The van der Waals surface area contributed by atoms with Gasteiger partial charge in [0.25, 0.3) is 5.91 Å². The Bertz CT molecular complexity index is 616. The number of likely N-dealkylation sites (N-methyl/N-ethyl adjacent to an activating group) is 1. The highest BCUT2D eigenvalue weighted by atomic mass is 79.9. The van der Waals surface area contributed by atoms with Gasteiger partial charge in [0.05, 0.1) is 0 Å². The van der Waals surface area contributed by atoms with Crippen molar-refractivity contribution >= 4 is 33.4 Å². The molecule has 0 unspecified atom stereocenters. The molecule has 0 spiro atoms. The molecule has 0 aliphatic rings. The van der Waals surface area contributed by atoms with Crippen LogP contribution in [0.25, 0.3) is 0 Å². The molecule has 0 aromatic heterocycles. The number of amides is 1. The fraction of sp³-hybridized carbons (Fsp3) is 0.188. The topological polar surface area (TPSA) is 29.5 Å². The van der Waals surface area contributed by atoms with Crippen LogP contribution in [0.1, 0.15) is 5.56 Å². The summed E-state index contributed by atoms with van der Waals surface area (Å²) in [4.78, 5) is 13.6. The summed E-state index contributed by atoms with van der Waals surface area (Å²) < 4.78 is 6.44. The van der Waals surface area contributed by atoms with E-state index < -0.39 is 0 Å². The number of carbonyl (C=O) groups is 1. The maximum Gasteiger partial charge on any atom is 0.260 e. The van der Waals surface area contributed by atoms with Crippen LogP contribution in [0.4, 0.5) is 0 Å². The van der Waals surface area contributed by atoms with E-state index in [-0.39, 0.29) is 12.5 Å². The Labute approximate surface area is 137 Å².